The number of methoxy groups -OCH3 is 1. The van der Waals surface area contributed by atoms with Crippen molar-refractivity contribution in [1.29, 1.82) is 5.26 Å². The highest BCUT2D eigenvalue weighted by Crippen LogP contribution is 2.51. The maximum Gasteiger partial charge on any atom is 0.157 e. The third-order valence-electron chi connectivity index (χ3n) is 4.82. The van der Waals surface area contributed by atoms with E-state index in [-0.39, 0.29) is 11.6 Å². The standard InChI is InChI=1S/C25H18FNO3S/c1-15-12-17(26)7-10-20(15)25-24(23-21(28)13-19(29-2)14-22(23)31-25)30-18-8-5-16(6-9-18)4-3-11-27/h3-10,12-14,28H,1-2H3/b4-3+. The van der Waals surface area contributed by atoms with Crippen molar-refractivity contribution < 1.29 is 19.0 Å². The van der Waals surface area contributed by atoms with Gasteiger partial charge < -0.3 is 14.6 Å². The van der Waals surface area contributed by atoms with Gasteiger partial charge in [-0.15, -0.1) is 11.3 Å². The summed E-state index contributed by atoms with van der Waals surface area (Å²) in [6.45, 7) is 1.84. The van der Waals surface area contributed by atoms with E-state index in [2.05, 4.69) is 0 Å². The van der Waals surface area contributed by atoms with Crippen LogP contribution in [0.3, 0.4) is 0 Å². The Kier molecular flexibility index (Phi) is 5.61. The van der Waals surface area contributed by atoms with E-state index in [0.29, 0.717) is 22.6 Å². The lowest BCUT2D eigenvalue weighted by molar-refractivity contribution is 0.409. The average molecular weight is 431 g/mol. The van der Waals surface area contributed by atoms with Crippen LogP contribution >= 0.6 is 11.3 Å². The molecule has 1 aromatic heterocycles. The minimum absolute atomic E-state index is 0.0418. The van der Waals surface area contributed by atoms with E-state index >= 15 is 0 Å². The smallest absolute Gasteiger partial charge is 0.157 e. The quantitative estimate of drug-likeness (QED) is 0.344. The zero-order valence-corrected chi connectivity index (χ0v) is 17.7. The highest BCUT2D eigenvalue weighted by Gasteiger charge is 2.21. The number of halogens is 1. The van der Waals surface area contributed by atoms with Crippen LogP contribution in [0, 0.1) is 24.1 Å². The number of benzene rings is 3. The first kappa shape index (κ1) is 20.5. The van der Waals surface area contributed by atoms with Gasteiger partial charge in [-0.1, -0.05) is 18.2 Å². The molecule has 0 saturated carbocycles. The predicted octanol–water partition coefficient (Wildman–Crippen LogP) is 7.06. The second-order valence-electron chi connectivity index (χ2n) is 6.87. The Morgan fingerprint density at radius 1 is 1.06 bits per heavy atom. The highest BCUT2D eigenvalue weighted by molar-refractivity contribution is 7.22. The summed E-state index contributed by atoms with van der Waals surface area (Å²) in [5.41, 5.74) is 2.45. The van der Waals surface area contributed by atoms with Crippen LogP contribution < -0.4 is 9.47 Å². The molecule has 0 fully saturated rings. The van der Waals surface area contributed by atoms with Gasteiger partial charge in [0.25, 0.3) is 0 Å². The van der Waals surface area contributed by atoms with E-state index in [1.165, 1.54) is 29.5 Å². The fourth-order valence-corrected chi connectivity index (χ4v) is 4.60. The lowest BCUT2D eigenvalue weighted by atomic mass is 10.1. The van der Waals surface area contributed by atoms with Gasteiger partial charge in [0.05, 0.1) is 23.4 Å². The van der Waals surface area contributed by atoms with Crippen LogP contribution in [0.25, 0.3) is 26.6 Å². The molecule has 31 heavy (non-hydrogen) atoms. The van der Waals surface area contributed by atoms with Gasteiger partial charge in [0, 0.05) is 16.8 Å². The minimum atomic E-state index is -0.310. The first-order valence-electron chi connectivity index (χ1n) is 9.44. The number of nitriles is 1. The summed E-state index contributed by atoms with van der Waals surface area (Å²) in [6.07, 6.45) is 3.11. The second-order valence-corrected chi connectivity index (χ2v) is 7.92. The van der Waals surface area contributed by atoms with Gasteiger partial charge >= 0.3 is 0 Å². The van der Waals surface area contributed by atoms with E-state index in [4.69, 9.17) is 14.7 Å². The fourth-order valence-electron chi connectivity index (χ4n) is 3.33. The SMILES string of the molecule is COc1cc(O)c2c(Oc3ccc(/C=C/C#N)cc3)c(-c3ccc(F)cc3C)sc2c1. The van der Waals surface area contributed by atoms with Crippen molar-refractivity contribution in [3.63, 3.8) is 0 Å². The van der Waals surface area contributed by atoms with Crippen molar-refractivity contribution in [3.8, 4) is 39.5 Å². The molecule has 6 heteroatoms. The Morgan fingerprint density at radius 2 is 1.84 bits per heavy atom. The second kappa shape index (κ2) is 8.50. The maximum atomic E-state index is 13.7. The van der Waals surface area contributed by atoms with Gasteiger partial charge in [0.15, 0.2) is 5.75 Å². The molecule has 0 aliphatic heterocycles. The van der Waals surface area contributed by atoms with Crippen LogP contribution in [0.5, 0.6) is 23.0 Å². The first-order chi connectivity index (χ1) is 15.0. The van der Waals surface area contributed by atoms with Crippen molar-refractivity contribution >= 4 is 27.5 Å². The molecule has 0 spiro atoms. The monoisotopic (exact) mass is 431 g/mol. The summed E-state index contributed by atoms with van der Waals surface area (Å²) in [4.78, 5) is 0.782. The van der Waals surface area contributed by atoms with Crippen molar-refractivity contribution in [2.45, 2.75) is 6.92 Å². The molecule has 4 nitrogen and oxygen atoms in total. The molecule has 3 aromatic carbocycles. The molecular weight excluding hydrogens is 413 g/mol. The molecule has 0 saturated heterocycles. The van der Waals surface area contributed by atoms with E-state index in [0.717, 1.165) is 26.3 Å². The van der Waals surface area contributed by atoms with Crippen molar-refractivity contribution in [3.05, 3.63) is 77.6 Å². The first-order valence-corrected chi connectivity index (χ1v) is 10.3. The summed E-state index contributed by atoms with van der Waals surface area (Å²) in [6, 6.07) is 17.2. The topological polar surface area (TPSA) is 62.5 Å². The Bertz CT molecular complexity index is 1330. The molecule has 154 valence electrons. The van der Waals surface area contributed by atoms with Crippen LogP contribution in [-0.2, 0) is 0 Å². The van der Waals surface area contributed by atoms with Gasteiger partial charge in [-0.3, -0.25) is 0 Å². The lowest BCUT2D eigenvalue weighted by Crippen LogP contribution is -1.89. The molecule has 0 aliphatic carbocycles. The number of phenolic OH excluding ortho intramolecular Hbond substituents is 1. The highest BCUT2D eigenvalue weighted by atomic mass is 32.1. The van der Waals surface area contributed by atoms with Crippen LogP contribution in [0.15, 0.2) is 60.7 Å². The van der Waals surface area contributed by atoms with Crippen LogP contribution in [-0.4, -0.2) is 12.2 Å². The number of rotatable bonds is 5. The normalized spacial score (nSPS) is 11.0. The number of aryl methyl sites for hydroxylation is 1. The number of hydrogen-bond donors (Lipinski definition) is 1. The molecule has 4 rings (SSSR count). The molecule has 0 aliphatic rings. The van der Waals surface area contributed by atoms with Crippen molar-refractivity contribution in [1.82, 2.24) is 0 Å². The van der Waals surface area contributed by atoms with Crippen molar-refractivity contribution in [2.24, 2.45) is 0 Å². The zero-order chi connectivity index (χ0) is 22.0. The number of phenols is 1. The van der Waals surface area contributed by atoms with Gasteiger partial charge in [-0.2, -0.15) is 5.26 Å². The lowest BCUT2D eigenvalue weighted by Gasteiger charge is -2.11. The third kappa shape index (κ3) is 4.09. The molecule has 0 bridgehead atoms. The van der Waals surface area contributed by atoms with Crippen LogP contribution in [0.1, 0.15) is 11.1 Å². The van der Waals surface area contributed by atoms with E-state index < -0.39 is 0 Å². The average Bonchev–Trinajstić information content (AvgIpc) is 3.11. The van der Waals surface area contributed by atoms with Crippen LogP contribution in [0.4, 0.5) is 4.39 Å². The number of allylic oxidation sites excluding steroid dienone is 1. The third-order valence-corrected chi connectivity index (χ3v) is 5.97. The Morgan fingerprint density at radius 3 is 2.52 bits per heavy atom. The number of aromatic hydroxyl groups is 1. The Labute approximate surface area is 183 Å². The summed E-state index contributed by atoms with van der Waals surface area (Å²) in [5.74, 6) is 1.34. The maximum absolute atomic E-state index is 13.7. The van der Waals surface area contributed by atoms with E-state index in [1.54, 1.807) is 37.5 Å². The fraction of sp³-hybridized carbons (Fsp3) is 0.0800. The van der Waals surface area contributed by atoms with Crippen LogP contribution in [0.2, 0.25) is 0 Å². The van der Waals surface area contributed by atoms with Crippen molar-refractivity contribution in [2.75, 3.05) is 7.11 Å². The minimum Gasteiger partial charge on any atom is -0.507 e. The molecule has 1 N–H and O–H groups in total. The van der Waals surface area contributed by atoms with E-state index in [9.17, 15) is 9.50 Å². The zero-order valence-electron chi connectivity index (χ0n) is 16.8. The summed E-state index contributed by atoms with van der Waals surface area (Å²) in [7, 11) is 1.54. The molecule has 0 radical (unpaired) electrons. The van der Waals surface area contributed by atoms with E-state index in [1.807, 2.05) is 31.2 Å². The van der Waals surface area contributed by atoms with Gasteiger partial charge in [0.2, 0.25) is 0 Å². The number of hydrogen-bond acceptors (Lipinski definition) is 5. The predicted molar refractivity (Wildman–Crippen MR) is 121 cm³/mol. The number of nitrogens with zero attached hydrogens (tertiary/aromatic N) is 1. The molecule has 1 heterocycles. The Hall–Kier alpha value is -3.82. The van der Waals surface area contributed by atoms with Gasteiger partial charge in [0.1, 0.15) is 23.1 Å². The number of ether oxygens (including phenoxy) is 2. The molecule has 0 unspecified atom stereocenters. The van der Waals surface area contributed by atoms with Gasteiger partial charge in [-0.05, 0) is 60.0 Å². The largest absolute Gasteiger partial charge is 0.507 e. The number of thiophene rings is 1. The molecule has 0 atom stereocenters. The molecular formula is C25H18FNO3S. The summed E-state index contributed by atoms with van der Waals surface area (Å²) in [5, 5.41) is 20.0. The summed E-state index contributed by atoms with van der Waals surface area (Å²) < 4.78 is 26.0. The Balaban J connectivity index is 1.87. The number of fused-ring (bicyclic) bond motifs is 1. The van der Waals surface area contributed by atoms with Gasteiger partial charge in [-0.25, -0.2) is 4.39 Å². The summed E-state index contributed by atoms with van der Waals surface area (Å²) >= 11 is 1.44. The molecule has 0 amide bonds. The molecule has 4 aromatic rings.